The van der Waals surface area contributed by atoms with Crippen molar-refractivity contribution in [1.82, 2.24) is 4.90 Å². The molecule has 1 aliphatic rings. The fourth-order valence-corrected chi connectivity index (χ4v) is 2.66. The van der Waals surface area contributed by atoms with Gasteiger partial charge in [-0.3, -0.25) is 4.99 Å². The molecule has 0 aromatic rings. The molecule has 3 heteroatoms. The van der Waals surface area contributed by atoms with Gasteiger partial charge in [0.1, 0.15) is 0 Å². The van der Waals surface area contributed by atoms with E-state index in [2.05, 4.69) is 30.7 Å². The largest absolute Gasteiger partial charge is 0.370 e. The quantitative estimate of drug-likeness (QED) is 0.465. The number of aliphatic imine (C=N–C) groups is 1. The molecule has 1 aliphatic carbocycles. The van der Waals surface area contributed by atoms with Gasteiger partial charge in [0.25, 0.3) is 0 Å². The zero-order valence-corrected chi connectivity index (χ0v) is 11.8. The molecule has 0 aromatic carbocycles. The zero-order chi connectivity index (χ0) is 12.7. The average molecular weight is 239 g/mol. The number of nitrogens with zero attached hydrogens (tertiary/aromatic N) is 2. The first kappa shape index (κ1) is 14.3. The van der Waals surface area contributed by atoms with Crippen molar-refractivity contribution in [2.45, 2.75) is 59.3 Å². The summed E-state index contributed by atoms with van der Waals surface area (Å²) in [5.74, 6) is 0.723. The van der Waals surface area contributed by atoms with Crippen LogP contribution in [0.4, 0.5) is 0 Å². The van der Waals surface area contributed by atoms with E-state index in [-0.39, 0.29) is 0 Å². The molecule has 1 saturated carbocycles. The van der Waals surface area contributed by atoms with Crippen molar-refractivity contribution in [2.24, 2.45) is 16.1 Å². The second kappa shape index (κ2) is 6.87. The zero-order valence-electron chi connectivity index (χ0n) is 11.8. The first-order valence-corrected chi connectivity index (χ1v) is 7.16. The van der Waals surface area contributed by atoms with Gasteiger partial charge in [0.05, 0.1) is 0 Å². The molecule has 0 aliphatic heterocycles. The van der Waals surface area contributed by atoms with Crippen LogP contribution in [0.15, 0.2) is 4.99 Å². The molecule has 1 fully saturated rings. The second-order valence-corrected chi connectivity index (χ2v) is 5.57. The Hall–Kier alpha value is -0.730. The highest BCUT2D eigenvalue weighted by Crippen LogP contribution is 2.34. The van der Waals surface area contributed by atoms with Gasteiger partial charge in [-0.25, -0.2) is 0 Å². The lowest BCUT2D eigenvalue weighted by Crippen LogP contribution is -2.38. The Kier molecular flexibility index (Phi) is 5.79. The highest BCUT2D eigenvalue weighted by Gasteiger charge is 2.25. The summed E-state index contributed by atoms with van der Waals surface area (Å²) in [5.41, 5.74) is 6.41. The van der Waals surface area contributed by atoms with Gasteiger partial charge in [0.15, 0.2) is 5.96 Å². The van der Waals surface area contributed by atoms with Crippen molar-refractivity contribution in [2.75, 3.05) is 19.6 Å². The first-order chi connectivity index (χ1) is 8.11. The van der Waals surface area contributed by atoms with Crippen LogP contribution in [0.1, 0.15) is 59.3 Å². The lowest BCUT2D eigenvalue weighted by atomic mass is 9.83. The molecule has 0 heterocycles. The Labute approximate surface area is 106 Å². The number of hydrogen-bond acceptors (Lipinski definition) is 1. The fourth-order valence-electron chi connectivity index (χ4n) is 2.66. The van der Waals surface area contributed by atoms with Gasteiger partial charge < -0.3 is 10.6 Å². The molecule has 2 N–H and O–H groups in total. The van der Waals surface area contributed by atoms with E-state index >= 15 is 0 Å². The minimum absolute atomic E-state index is 0.383. The van der Waals surface area contributed by atoms with Crippen molar-refractivity contribution in [3.05, 3.63) is 0 Å². The molecule has 0 unspecified atom stereocenters. The molecule has 17 heavy (non-hydrogen) atoms. The number of nitrogens with two attached hydrogens (primary N) is 1. The standard InChI is InChI=1S/C14H29N3/c1-4-17(5-2)13(15)16-12-14(3)10-8-6-7-9-11-14/h4-12H2,1-3H3,(H2,15,16). The highest BCUT2D eigenvalue weighted by molar-refractivity contribution is 5.78. The molecule has 0 aromatic heterocycles. The molecular weight excluding hydrogens is 210 g/mol. The maximum Gasteiger partial charge on any atom is 0.191 e. The molecule has 3 nitrogen and oxygen atoms in total. The van der Waals surface area contributed by atoms with Gasteiger partial charge in [0, 0.05) is 19.6 Å². The summed E-state index contributed by atoms with van der Waals surface area (Å²) in [6.07, 6.45) is 8.12. The van der Waals surface area contributed by atoms with Gasteiger partial charge in [-0.2, -0.15) is 0 Å². The Bertz CT molecular complexity index is 236. The summed E-state index contributed by atoms with van der Waals surface area (Å²) in [6, 6.07) is 0. The summed E-state index contributed by atoms with van der Waals surface area (Å²) in [5, 5.41) is 0. The van der Waals surface area contributed by atoms with Crippen molar-refractivity contribution in [3.63, 3.8) is 0 Å². The molecule has 1 rings (SSSR count). The third kappa shape index (κ3) is 4.57. The van der Waals surface area contributed by atoms with Gasteiger partial charge >= 0.3 is 0 Å². The van der Waals surface area contributed by atoms with Crippen LogP contribution in [0.5, 0.6) is 0 Å². The van der Waals surface area contributed by atoms with E-state index in [0.717, 1.165) is 25.6 Å². The molecule has 0 saturated heterocycles. The van der Waals surface area contributed by atoms with Crippen molar-refractivity contribution >= 4 is 5.96 Å². The summed E-state index contributed by atoms with van der Waals surface area (Å²) in [7, 11) is 0. The summed E-state index contributed by atoms with van der Waals surface area (Å²) < 4.78 is 0. The monoisotopic (exact) mass is 239 g/mol. The van der Waals surface area contributed by atoms with Crippen LogP contribution in [0.3, 0.4) is 0 Å². The number of rotatable bonds is 4. The molecule has 0 radical (unpaired) electrons. The van der Waals surface area contributed by atoms with Crippen molar-refractivity contribution in [1.29, 1.82) is 0 Å². The summed E-state index contributed by atoms with van der Waals surface area (Å²) in [6.45, 7) is 9.41. The predicted molar refractivity (Wildman–Crippen MR) is 75.2 cm³/mol. The van der Waals surface area contributed by atoms with Crippen LogP contribution in [0, 0.1) is 5.41 Å². The molecule has 0 atom stereocenters. The van der Waals surface area contributed by atoms with E-state index in [0.29, 0.717) is 5.41 Å². The Morgan fingerprint density at radius 1 is 1.12 bits per heavy atom. The fraction of sp³-hybridized carbons (Fsp3) is 0.929. The summed E-state index contributed by atoms with van der Waals surface area (Å²) >= 11 is 0. The maximum atomic E-state index is 6.03. The predicted octanol–water partition coefficient (Wildman–Crippen LogP) is 3.00. The van der Waals surface area contributed by atoms with Gasteiger partial charge in [-0.15, -0.1) is 0 Å². The van der Waals surface area contributed by atoms with Crippen LogP contribution in [0.2, 0.25) is 0 Å². The Morgan fingerprint density at radius 3 is 2.12 bits per heavy atom. The average Bonchev–Trinajstić information content (AvgIpc) is 2.54. The molecule has 0 amide bonds. The van der Waals surface area contributed by atoms with E-state index < -0.39 is 0 Å². The third-order valence-electron chi connectivity index (χ3n) is 4.02. The van der Waals surface area contributed by atoms with E-state index in [1.165, 1.54) is 38.5 Å². The van der Waals surface area contributed by atoms with E-state index in [1.54, 1.807) is 0 Å². The van der Waals surface area contributed by atoms with Crippen LogP contribution < -0.4 is 5.73 Å². The van der Waals surface area contributed by atoms with Crippen LogP contribution in [-0.4, -0.2) is 30.5 Å². The molecule has 100 valence electrons. The molecule has 0 spiro atoms. The second-order valence-electron chi connectivity index (χ2n) is 5.57. The highest BCUT2D eigenvalue weighted by atomic mass is 15.2. The van der Waals surface area contributed by atoms with Crippen molar-refractivity contribution in [3.8, 4) is 0 Å². The molecular formula is C14H29N3. The minimum Gasteiger partial charge on any atom is -0.370 e. The van der Waals surface area contributed by atoms with Crippen LogP contribution in [-0.2, 0) is 0 Å². The minimum atomic E-state index is 0.383. The van der Waals surface area contributed by atoms with E-state index in [4.69, 9.17) is 5.73 Å². The van der Waals surface area contributed by atoms with Gasteiger partial charge in [0.2, 0.25) is 0 Å². The van der Waals surface area contributed by atoms with Crippen LogP contribution >= 0.6 is 0 Å². The maximum absolute atomic E-state index is 6.03. The smallest absolute Gasteiger partial charge is 0.191 e. The lowest BCUT2D eigenvalue weighted by molar-refractivity contribution is 0.288. The van der Waals surface area contributed by atoms with E-state index in [9.17, 15) is 0 Å². The number of guanidine groups is 1. The normalized spacial score (nSPS) is 21.0. The van der Waals surface area contributed by atoms with E-state index in [1.807, 2.05) is 0 Å². The van der Waals surface area contributed by atoms with Gasteiger partial charge in [-0.1, -0.05) is 32.6 Å². The van der Waals surface area contributed by atoms with Gasteiger partial charge in [-0.05, 0) is 32.1 Å². The molecule has 0 bridgehead atoms. The SMILES string of the molecule is CCN(CC)C(N)=NCC1(C)CCCCCC1. The number of hydrogen-bond donors (Lipinski definition) is 1. The van der Waals surface area contributed by atoms with Crippen LogP contribution in [0.25, 0.3) is 0 Å². The topological polar surface area (TPSA) is 41.6 Å². The Morgan fingerprint density at radius 2 is 1.65 bits per heavy atom. The summed E-state index contributed by atoms with van der Waals surface area (Å²) in [4.78, 5) is 6.75. The third-order valence-corrected chi connectivity index (χ3v) is 4.02. The lowest BCUT2D eigenvalue weighted by Gasteiger charge is -2.27. The Balaban J connectivity index is 2.54. The van der Waals surface area contributed by atoms with Crippen molar-refractivity contribution < 1.29 is 0 Å². The first-order valence-electron chi connectivity index (χ1n) is 7.16.